The number of hydrogen-bond acceptors (Lipinski definition) is 3. The Morgan fingerprint density at radius 1 is 1.07 bits per heavy atom. The third-order valence-corrected chi connectivity index (χ3v) is 5.16. The SMILES string of the molecule is Cc1cc(C)cc(OCCN(C)C(=O)Cc2c(C)nn(-c3ccc(F)cc3)c2C)c1. The topological polar surface area (TPSA) is 47.4 Å². The summed E-state index contributed by atoms with van der Waals surface area (Å²) in [6.45, 7) is 8.81. The molecule has 30 heavy (non-hydrogen) atoms. The molecule has 0 bridgehead atoms. The third kappa shape index (κ3) is 5.06. The van der Waals surface area contributed by atoms with Gasteiger partial charge in [-0.25, -0.2) is 9.07 Å². The van der Waals surface area contributed by atoms with Gasteiger partial charge in [0.1, 0.15) is 18.2 Å². The summed E-state index contributed by atoms with van der Waals surface area (Å²) in [5.41, 5.74) is 5.65. The molecule has 3 aromatic rings. The van der Waals surface area contributed by atoms with Gasteiger partial charge >= 0.3 is 0 Å². The lowest BCUT2D eigenvalue weighted by Crippen LogP contribution is -2.32. The molecule has 0 radical (unpaired) electrons. The smallest absolute Gasteiger partial charge is 0.226 e. The van der Waals surface area contributed by atoms with Gasteiger partial charge in [-0.1, -0.05) is 6.07 Å². The zero-order valence-electron chi connectivity index (χ0n) is 18.2. The molecule has 0 atom stereocenters. The highest BCUT2D eigenvalue weighted by molar-refractivity contribution is 5.79. The van der Waals surface area contributed by atoms with Gasteiger partial charge in [0, 0.05) is 18.3 Å². The molecule has 1 amide bonds. The predicted molar refractivity (Wildman–Crippen MR) is 116 cm³/mol. The molecule has 0 N–H and O–H groups in total. The second-order valence-corrected chi connectivity index (χ2v) is 7.70. The Balaban J connectivity index is 1.61. The zero-order chi connectivity index (χ0) is 21.8. The summed E-state index contributed by atoms with van der Waals surface area (Å²) in [6, 6.07) is 12.2. The maximum atomic E-state index is 13.2. The highest BCUT2D eigenvalue weighted by Gasteiger charge is 2.18. The van der Waals surface area contributed by atoms with Crippen molar-refractivity contribution in [2.24, 2.45) is 0 Å². The Labute approximate surface area is 177 Å². The van der Waals surface area contributed by atoms with Crippen LogP contribution in [0, 0.1) is 33.5 Å². The largest absolute Gasteiger partial charge is 0.492 e. The van der Waals surface area contributed by atoms with Crippen LogP contribution in [0.15, 0.2) is 42.5 Å². The van der Waals surface area contributed by atoms with E-state index < -0.39 is 0 Å². The maximum absolute atomic E-state index is 13.2. The van der Waals surface area contributed by atoms with E-state index in [1.807, 2.05) is 39.8 Å². The van der Waals surface area contributed by atoms with Crippen LogP contribution in [-0.4, -0.2) is 40.8 Å². The number of hydrogen-bond donors (Lipinski definition) is 0. The van der Waals surface area contributed by atoms with Crippen molar-refractivity contribution >= 4 is 5.91 Å². The van der Waals surface area contributed by atoms with Crippen molar-refractivity contribution in [3.05, 3.63) is 76.4 Å². The summed E-state index contributed by atoms with van der Waals surface area (Å²) >= 11 is 0. The van der Waals surface area contributed by atoms with E-state index in [0.717, 1.165) is 39.5 Å². The number of halogens is 1. The first kappa shape index (κ1) is 21.6. The lowest BCUT2D eigenvalue weighted by molar-refractivity contribution is -0.129. The minimum absolute atomic E-state index is 0.00359. The Kier molecular flexibility index (Phi) is 6.55. The molecule has 5 nitrogen and oxygen atoms in total. The van der Waals surface area contributed by atoms with Crippen LogP contribution >= 0.6 is 0 Å². The molecule has 0 unspecified atom stereocenters. The Hall–Kier alpha value is -3.15. The van der Waals surface area contributed by atoms with Gasteiger partial charge in [0.25, 0.3) is 0 Å². The normalized spacial score (nSPS) is 10.9. The molecule has 0 aliphatic carbocycles. The minimum Gasteiger partial charge on any atom is -0.492 e. The van der Waals surface area contributed by atoms with Crippen molar-refractivity contribution in [3.63, 3.8) is 0 Å². The molecule has 0 saturated heterocycles. The van der Waals surface area contributed by atoms with Crippen LogP contribution in [0.25, 0.3) is 5.69 Å². The average molecular weight is 410 g/mol. The maximum Gasteiger partial charge on any atom is 0.226 e. The highest BCUT2D eigenvalue weighted by atomic mass is 19.1. The van der Waals surface area contributed by atoms with Gasteiger partial charge in [0.2, 0.25) is 5.91 Å². The van der Waals surface area contributed by atoms with Crippen molar-refractivity contribution in [2.75, 3.05) is 20.2 Å². The van der Waals surface area contributed by atoms with Gasteiger partial charge in [0.15, 0.2) is 0 Å². The Morgan fingerprint density at radius 3 is 2.33 bits per heavy atom. The molecule has 158 valence electrons. The number of aromatic nitrogens is 2. The minimum atomic E-state index is -0.291. The quantitative estimate of drug-likeness (QED) is 0.584. The van der Waals surface area contributed by atoms with E-state index in [9.17, 15) is 9.18 Å². The first-order chi connectivity index (χ1) is 14.2. The predicted octanol–water partition coefficient (Wildman–Crippen LogP) is 4.32. The van der Waals surface area contributed by atoms with Crippen LogP contribution in [0.5, 0.6) is 5.75 Å². The van der Waals surface area contributed by atoms with E-state index in [0.29, 0.717) is 13.2 Å². The van der Waals surface area contributed by atoms with Crippen molar-refractivity contribution in [3.8, 4) is 11.4 Å². The van der Waals surface area contributed by atoms with Crippen molar-refractivity contribution < 1.29 is 13.9 Å². The Morgan fingerprint density at radius 2 is 1.70 bits per heavy atom. The Bertz CT molecular complexity index is 1020. The fourth-order valence-corrected chi connectivity index (χ4v) is 3.49. The molecule has 0 spiro atoms. The number of aryl methyl sites for hydroxylation is 3. The monoisotopic (exact) mass is 409 g/mol. The van der Waals surface area contributed by atoms with E-state index >= 15 is 0 Å². The number of ether oxygens (including phenoxy) is 1. The van der Waals surface area contributed by atoms with Gasteiger partial charge in [-0.2, -0.15) is 5.10 Å². The molecule has 2 aromatic carbocycles. The van der Waals surface area contributed by atoms with Gasteiger partial charge in [-0.15, -0.1) is 0 Å². The molecule has 0 saturated carbocycles. The van der Waals surface area contributed by atoms with Crippen molar-refractivity contribution in [1.29, 1.82) is 0 Å². The van der Waals surface area contributed by atoms with Gasteiger partial charge < -0.3 is 9.64 Å². The second kappa shape index (κ2) is 9.11. The fraction of sp³-hybridized carbons (Fsp3) is 0.333. The molecule has 1 aromatic heterocycles. The summed E-state index contributed by atoms with van der Waals surface area (Å²) in [5, 5.41) is 4.54. The summed E-state index contributed by atoms with van der Waals surface area (Å²) in [5.74, 6) is 0.532. The fourth-order valence-electron chi connectivity index (χ4n) is 3.49. The third-order valence-electron chi connectivity index (χ3n) is 5.16. The number of carbonyl (C=O) groups excluding carboxylic acids is 1. The standard InChI is InChI=1S/C24H28FN3O2/c1-16-12-17(2)14-22(13-16)30-11-10-27(5)24(29)15-23-18(3)26-28(19(23)4)21-8-6-20(25)7-9-21/h6-9,12-14H,10-11,15H2,1-5H3. The lowest BCUT2D eigenvalue weighted by atomic mass is 10.1. The van der Waals surface area contributed by atoms with Crippen LogP contribution < -0.4 is 4.74 Å². The molecular formula is C24H28FN3O2. The zero-order valence-corrected chi connectivity index (χ0v) is 18.2. The molecule has 3 rings (SSSR count). The van der Waals surface area contributed by atoms with E-state index in [4.69, 9.17) is 4.74 Å². The van der Waals surface area contributed by atoms with Crippen LogP contribution in [0.2, 0.25) is 0 Å². The number of carbonyl (C=O) groups is 1. The number of rotatable bonds is 7. The number of nitrogens with zero attached hydrogens (tertiary/aromatic N) is 3. The summed E-state index contributed by atoms with van der Waals surface area (Å²) in [7, 11) is 1.78. The van der Waals surface area contributed by atoms with Gasteiger partial charge in [0.05, 0.1) is 24.3 Å². The van der Waals surface area contributed by atoms with Crippen LogP contribution in [0.1, 0.15) is 28.1 Å². The molecule has 0 fully saturated rings. The van der Waals surface area contributed by atoms with Gasteiger partial charge in [-0.3, -0.25) is 4.79 Å². The van der Waals surface area contributed by atoms with Crippen LogP contribution in [0.4, 0.5) is 4.39 Å². The van der Waals surface area contributed by atoms with E-state index in [-0.39, 0.29) is 18.1 Å². The lowest BCUT2D eigenvalue weighted by Gasteiger charge is -2.18. The van der Waals surface area contributed by atoms with Crippen molar-refractivity contribution in [2.45, 2.75) is 34.1 Å². The van der Waals surface area contributed by atoms with Crippen LogP contribution in [0.3, 0.4) is 0 Å². The average Bonchev–Trinajstić information content (AvgIpc) is 2.96. The summed E-state index contributed by atoms with van der Waals surface area (Å²) < 4.78 is 20.8. The van der Waals surface area contributed by atoms with E-state index in [1.165, 1.54) is 12.1 Å². The molecule has 6 heteroatoms. The first-order valence-electron chi connectivity index (χ1n) is 10.0. The van der Waals surface area contributed by atoms with Crippen molar-refractivity contribution in [1.82, 2.24) is 14.7 Å². The highest BCUT2D eigenvalue weighted by Crippen LogP contribution is 2.20. The number of amides is 1. The van der Waals surface area contributed by atoms with E-state index in [2.05, 4.69) is 11.2 Å². The number of likely N-dealkylation sites (N-methyl/N-ethyl adjacent to an activating group) is 1. The van der Waals surface area contributed by atoms with Gasteiger partial charge in [-0.05, 0) is 75.2 Å². The summed E-state index contributed by atoms with van der Waals surface area (Å²) in [4.78, 5) is 14.4. The molecular weight excluding hydrogens is 381 g/mol. The molecule has 0 aliphatic rings. The van der Waals surface area contributed by atoms with Crippen LogP contribution in [-0.2, 0) is 11.2 Å². The second-order valence-electron chi connectivity index (χ2n) is 7.70. The molecule has 1 heterocycles. The molecule has 0 aliphatic heterocycles. The van der Waals surface area contributed by atoms with E-state index in [1.54, 1.807) is 28.8 Å². The summed E-state index contributed by atoms with van der Waals surface area (Å²) in [6.07, 6.45) is 0.263. The first-order valence-corrected chi connectivity index (χ1v) is 10.0. The number of benzene rings is 2.